The number of hydrogen-bond donors (Lipinski definition) is 1. The summed E-state index contributed by atoms with van der Waals surface area (Å²) in [5, 5.41) is 3.40. The van der Waals surface area contributed by atoms with Crippen LogP contribution in [0.4, 0.5) is 0 Å². The molecule has 0 bridgehead atoms. The standard InChI is InChI=1S/C13H22N2S/c1-10-7-13(16-11(10)2)9-15-6-4-5-12(8-15)14-3/h7,12,14H,4-6,8-9H2,1-3H3. The van der Waals surface area contributed by atoms with Crippen molar-refractivity contribution in [3.8, 4) is 0 Å². The summed E-state index contributed by atoms with van der Waals surface area (Å²) < 4.78 is 0. The smallest absolute Gasteiger partial charge is 0.0328 e. The summed E-state index contributed by atoms with van der Waals surface area (Å²) in [6.45, 7) is 8.02. The average molecular weight is 238 g/mol. The van der Waals surface area contributed by atoms with Crippen LogP contribution in [-0.4, -0.2) is 31.1 Å². The van der Waals surface area contributed by atoms with E-state index in [1.165, 1.54) is 41.2 Å². The van der Waals surface area contributed by atoms with Crippen molar-refractivity contribution in [3.05, 3.63) is 21.4 Å². The molecule has 0 amide bonds. The fourth-order valence-corrected chi connectivity index (χ4v) is 3.48. The largest absolute Gasteiger partial charge is 0.316 e. The minimum absolute atomic E-state index is 0.691. The first-order valence-electron chi connectivity index (χ1n) is 6.14. The van der Waals surface area contributed by atoms with Crippen molar-refractivity contribution in [2.24, 2.45) is 0 Å². The van der Waals surface area contributed by atoms with E-state index in [1.54, 1.807) is 0 Å². The van der Waals surface area contributed by atoms with Crippen LogP contribution >= 0.6 is 11.3 Å². The highest BCUT2D eigenvalue weighted by Crippen LogP contribution is 2.23. The van der Waals surface area contributed by atoms with Gasteiger partial charge in [-0.15, -0.1) is 11.3 Å². The molecule has 1 aliphatic rings. The Bertz CT molecular complexity index is 326. The number of likely N-dealkylation sites (N-methyl/N-ethyl adjacent to an activating group) is 1. The Morgan fingerprint density at radius 1 is 1.50 bits per heavy atom. The molecule has 16 heavy (non-hydrogen) atoms. The molecule has 2 nitrogen and oxygen atoms in total. The first-order chi connectivity index (χ1) is 7.69. The third kappa shape index (κ3) is 2.84. The summed E-state index contributed by atoms with van der Waals surface area (Å²) in [6, 6.07) is 3.04. The van der Waals surface area contributed by atoms with Crippen LogP contribution in [0.25, 0.3) is 0 Å². The molecule has 1 atom stereocenters. The van der Waals surface area contributed by atoms with Crippen molar-refractivity contribution in [2.45, 2.75) is 39.3 Å². The monoisotopic (exact) mass is 238 g/mol. The van der Waals surface area contributed by atoms with Crippen LogP contribution in [0.3, 0.4) is 0 Å². The van der Waals surface area contributed by atoms with Crippen LogP contribution in [0.15, 0.2) is 6.07 Å². The summed E-state index contributed by atoms with van der Waals surface area (Å²) in [5.74, 6) is 0. The molecule has 0 spiro atoms. The predicted molar refractivity (Wildman–Crippen MR) is 71.2 cm³/mol. The maximum atomic E-state index is 3.40. The normalized spacial score (nSPS) is 22.6. The molecule has 2 heterocycles. The molecule has 1 fully saturated rings. The molecule has 1 saturated heterocycles. The first-order valence-corrected chi connectivity index (χ1v) is 6.96. The molecule has 0 aromatic carbocycles. The fourth-order valence-electron chi connectivity index (χ4n) is 2.38. The Morgan fingerprint density at radius 2 is 2.31 bits per heavy atom. The lowest BCUT2D eigenvalue weighted by Crippen LogP contribution is -2.43. The second kappa shape index (κ2) is 5.30. The predicted octanol–water partition coefficient (Wildman–Crippen LogP) is 2.55. The highest BCUT2D eigenvalue weighted by molar-refractivity contribution is 7.12. The van der Waals surface area contributed by atoms with Crippen molar-refractivity contribution in [2.75, 3.05) is 20.1 Å². The highest BCUT2D eigenvalue weighted by Gasteiger charge is 2.18. The molecule has 1 aromatic heterocycles. The zero-order chi connectivity index (χ0) is 11.5. The molecule has 0 radical (unpaired) electrons. The van der Waals surface area contributed by atoms with Crippen molar-refractivity contribution in [1.82, 2.24) is 10.2 Å². The van der Waals surface area contributed by atoms with E-state index in [1.807, 2.05) is 11.3 Å². The van der Waals surface area contributed by atoms with Crippen molar-refractivity contribution >= 4 is 11.3 Å². The second-order valence-electron chi connectivity index (χ2n) is 4.81. The Morgan fingerprint density at radius 3 is 2.94 bits per heavy atom. The van der Waals surface area contributed by atoms with E-state index in [-0.39, 0.29) is 0 Å². The van der Waals surface area contributed by atoms with Crippen molar-refractivity contribution in [1.29, 1.82) is 0 Å². The first kappa shape index (κ1) is 12.1. The van der Waals surface area contributed by atoms with Gasteiger partial charge in [-0.05, 0) is 51.9 Å². The summed E-state index contributed by atoms with van der Waals surface area (Å²) >= 11 is 1.95. The third-order valence-electron chi connectivity index (χ3n) is 3.51. The van der Waals surface area contributed by atoms with Gasteiger partial charge in [0.1, 0.15) is 0 Å². The van der Waals surface area contributed by atoms with Gasteiger partial charge in [-0.1, -0.05) is 0 Å². The van der Waals surface area contributed by atoms with Gasteiger partial charge in [0.2, 0.25) is 0 Å². The van der Waals surface area contributed by atoms with E-state index in [4.69, 9.17) is 0 Å². The second-order valence-corrected chi connectivity index (χ2v) is 6.16. The summed E-state index contributed by atoms with van der Waals surface area (Å²) in [7, 11) is 2.08. The molecule has 0 saturated carbocycles. The fraction of sp³-hybridized carbons (Fsp3) is 0.692. The van der Waals surface area contributed by atoms with E-state index in [9.17, 15) is 0 Å². The Balaban J connectivity index is 1.93. The number of likely N-dealkylation sites (tertiary alicyclic amines) is 1. The zero-order valence-corrected chi connectivity index (χ0v) is 11.4. The molecular formula is C13H22N2S. The minimum atomic E-state index is 0.691. The van der Waals surface area contributed by atoms with E-state index in [2.05, 4.69) is 37.2 Å². The number of rotatable bonds is 3. The van der Waals surface area contributed by atoms with Gasteiger partial charge in [0, 0.05) is 28.9 Å². The molecule has 1 N–H and O–H groups in total. The van der Waals surface area contributed by atoms with E-state index in [0.717, 1.165) is 6.54 Å². The molecule has 1 unspecified atom stereocenters. The summed E-state index contributed by atoms with van der Waals surface area (Å²) in [4.78, 5) is 5.57. The SMILES string of the molecule is CNC1CCCN(Cc2cc(C)c(C)s2)C1. The third-order valence-corrected chi connectivity index (χ3v) is 4.65. The van der Waals surface area contributed by atoms with Gasteiger partial charge in [-0.25, -0.2) is 0 Å². The van der Waals surface area contributed by atoms with Crippen LogP contribution in [-0.2, 0) is 6.54 Å². The van der Waals surface area contributed by atoms with Gasteiger partial charge < -0.3 is 5.32 Å². The van der Waals surface area contributed by atoms with Crippen LogP contribution in [0.5, 0.6) is 0 Å². The van der Waals surface area contributed by atoms with Gasteiger partial charge in [0.25, 0.3) is 0 Å². The maximum absolute atomic E-state index is 3.40. The average Bonchev–Trinajstić information content (AvgIpc) is 2.58. The molecule has 90 valence electrons. The molecule has 0 aliphatic carbocycles. The molecule has 1 aromatic rings. The lowest BCUT2D eigenvalue weighted by Gasteiger charge is -2.32. The highest BCUT2D eigenvalue weighted by atomic mass is 32.1. The van der Waals surface area contributed by atoms with Crippen LogP contribution < -0.4 is 5.32 Å². The van der Waals surface area contributed by atoms with Gasteiger partial charge in [0.05, 0.1) is 0 Å². The zero-order valence-electron chi connectivity index (χ0n) is 10.5. The van der Waals surface area contributed by atoms with E-state index >= 15 is 0 Å². The van der Waals surface area contributed by atoms with Crippen molar-refractivity contribution < 1.29 is 0 Å². The lowest BCUT2D eigenvalue weighted by atomic mass is 10.1. The van der Waals surface area contributed by atoms with Crippen molar-refractivity contribution in [3.63, 3.8) is 0 Å². The number of thiophene rings is 1. The van der Waals surface area contributed by atoms with Crippen LogP contribution in [0, 0.1) is 13.8 Å². The Hall–Kier alpha value is -0.380. The number of piperidine rings is 1. The topological polar surface area (TPSA) is 15.3 Å². The van der Waals surface area contributed by atoms with Gasteiger partial charge >= 0.3 is 0 Å². The summed E-state index contributed by atoms with van der Waals surface area (Å²) in [6.07, 6.45) is 2.66. The Labute approximate surface area is 103 Å². The van der Waals surface area contributed by atoms with Crippen LogP contribution in [0.2, 0.25) is 0 Å². The molecule has 1 aliphatic heterocycles. The quantitative estimate of drug-likeness (QED) is 0.870. The minimum Gasteiger partial charge on any atom is -0.316 e. The van der Waals surface area contributed by atoms with E-state index < -0.39 is 0 Å². The Kier molecular flexibility index (Phi) is 4.00. The molecular weight excluding hydrogens is 216 g/mol. The number of nitrogens with zero attached hydrogens (tertiary/aromatic N) is 1. The number of aryl methyl sites for hydroxylation is 2. The lowest BCUT2D eigenvalue weighted by molar-refractivity contribution is 0.189. The number of hydrogen-bond acceptors (Lipinski definition) is 3. The summed E-state index contributed by atoms with van der Waals surface area (Å²) in [5.41, 5.74) is 1.45. The van der Waals surface area contributed by atoms with Gasteiger partial charge in [-0.2, -0.15) is 0 Å². The molecule has 2 rings (SSSR count). The van der Waals surface area contributed by atoms with Gasteiger partial charge in [-0.3, -0.25) is 4.90 Å². The maximum Gasteiger partial charge on any atom is 0.0328 e. The van der Waals surface area contributed by atoms with Crippen LogP contribution in [0.1, 0.15) is 28.2 Å². The number of nitrogens with one attached hydrogen (secondary N) is 1. The molecule has 3 heteroatoms. The van der Waals surface area contributed by atoms with Gasteiger partial charge in [0.15, 0.2) is 0 Å². The van der Waals surface area contributed by atoms with E-state index in [0.29, 0.717) is 6.04 Å².